The van der Waals surface area contributed by atoms with Crippen LogP contribution in [0.25, 0.3) is 0 Å². The first kappa shape index (κ1) is 18.7. The summed E-state index contributed by atoms with van der Waals surface area (Å²) in [5, 5.41) is 0. The lowest BCUT2D eigenvalue weighted by atomic mass is 10.2. The number of hydrogen-bond donors (Lipinski definition) is 1. The van der Waals surface area contributed by atoms with Crippen molar-refractivity contribution in [2.75, 3.05) is 26.2 Å². The number of nitrogens with two attached hydrogens (primary N) is 1. The summed E-state index contributed by atoms with van der Waals surface area (Å²) in [5.74, 6) is 0.902. The molecule has 3 rings (SSSR count). The molecule has 24 heavy (non-hydrogen) atoms. The highest BCUT2D eigenvalue weighted by Crippen LogP contribution is 2.16. The van der Waals surface area contributed by atoms with Crippen molar-refractivity contribution in [1.82, 2.24) is 4.90 Å². The van der Waals surface area contributed by atoms with E-state index in [1.54, 1.807) is 0 Å². The van der Waals surface area contributed by atoms with E-state index in [0.717, 1.165) is 32.0 Å². The van der Waals surface area contributed by atoms with Crippen LogP contribution < -0.4 is 10.5 Å². The molecule has 0 saturated carbocycles. The van der Waals surface area contributed by atoms with Gasteiger partial charge in [-0.25, -0.2) is 0 Å². The Kier molecular flexibility index (Phi) is 7.53. The van der Waals surface area contributed by atoms with Gasteiger partial charge in [0.05, 0.1) is 12.7 Å². The lowest BCUT2D eigenvalue weighted by Crippen LogP contribution is -2.45. The molecular formula is C19H25ClN2O2. The van der Waals surface area contributed by atoms with Crippen LogP contribution >= 0.6 is 12.4 Å². The zero-order valence-electron chi connectivity index (χ0n) is 13.8. The zero-order chi connectivity index (χ0) is 15.9. The van der Waals surface area contributed by atoms with Crippen LogP contribution in [0.1, 0.15) is 11.1 Å². The Morgan fingerprint density at radius 1 is 1.04 bits per heavy atom. The molecule has 1 fully saturated rings. The Hall–Kier alpha value is -1.59. The second kappa shape index (κ2) is 9.64. The molecule has 130 valence electrons. The van der Waals surface area contributed by atoms with E-state index in [4.69, 9.17) is 15.2 Å². The summed E-state index contributed by atoms with van der Waals surface area (Å²) in [6.07, 6.45) is 0.164. The van der Waals surface area contributed by atoms with Crippen molar-refractivity contribution in [3.05, 3.63) is 65.7 Å². The summed E-state index contributed by atoms with van der Waals surface area (Å²) in [4.78, 5) is 2.39. The summed E-state index contributed by atoms with van der Waals surface area (Å²) in [6, 6.07) is 18.6. The Balaban J connectivity index is 0.00000208. The fraction of sp³-hybridized carbons (Fsp3) is 0.368. The van der Waals surface area contributed by atoms with Gasteiger partial charge in [0.15, 0.2) is 0 Å². The van der Waals surface area contributed by atoms with E-state index in [1.807, 2.05) is 30.3 Å². The molecule has 0 spiro atoms. The van der Waals surface area contributed by atoms with E-state index >= 15 is 0 Å². The maximum absolute atomic E-state index is 5.82. The number of ether oxygens (including phenoxy) is 2. The largest absolute Gasteiger partial charge is 0.489 e. The predicted molar refractivity (Wildman–Crippen MR) is 98.5 cm³/mol. The molecule has 0 aromatic heterocycles. The number of nitrogens with zero attached hydrogens (tertiary/aromatic N) is 1. The summed E-state index contributed by atoms with van der Waals surface area (Å²) in [6.45, 7) is 4.75. The van der Waals surface area contributed by atoms with Crippen LogP contribution in [0.4, 0.5) is 0 Å². The van der Waals surface area contributed by atoms with Crippen molar-refractivity contribution in [2.45, 2.75) is 19.3 Å². The first-order valence-electron chi connectivity index (χ1n) is 8.13. The van der Waals surface area contributed by atoms with Gasteiger partial charge in [-0.3, -0.25) is 4.90 Å². The lowest BCUT2D eigenvalue weighted by Gasteiger charge is -2.32. The minimum Gasteiger partial charge on any atom is -0.489 e. The highest BCUT2D eigenvalue weighted by Gasteiger charge is 2.18. The van der Waals surface area contributed by atoms with Crippen molar-refractivity contribution in [3.8, 4) is 5.75 Å². The lowest BCUT2D eigenvalue weighted by molar-refractivity contribution is -0.0260. The molecule has 5 heteroatoms. The summed E-state index contributed by atoms with van der Waals surface area (Å²) >= 11 is 0. The standard InChI is InChI=1S/C19H24N2O2.ClH/c20-12-19-14-21(10-11-22-19)13-16-6-8-18(9-7-16)23-15-17-4-2-1-3-5-17;/h1-9,19H,10-15,20H2;1H. The third kappa shape index (κ3) is 5.49. The topological polar surface area (TPSA) is 47.7 Å². The van der Waals surface area contributed by atoms with E-state index in [1.165, 1.54) is 11.1 Å². The SMILES string of the molecule is Cl.NCC1CN(Cc2ccc(OCc3ccccc3)cc2)CCO1. The van der Waals surface area contributed by atoms with Gasteiger partial charge in [0, 0.05) is 26.2 Å². The van der Waals surface area contributed by atoms with Crippen LogP contribution in [0.3, 0.4) is 0 Å². The third-order valence-electron chi connectivity index (χ3n) is 4.06. The maximum atomic E-state index is 5.82. The molecule has 1 heterocycles. The van der Waals surface area contributed by atoms with Gasteiger partial charge in [-0.2, -0.15) is 0 Å². The molecule has 0 aliphatic carbocycles. The number of benzene rings is 2. The smallest absolute Gasteiger partial charge is 0.119 e. The molecule has 1 atom stereocenters. The minimum atomic E-state index is 0. The van der Waals surface area contributed by atoms with Crippen molar-refractivity contribution < 1.29 is 9.47 Å². The summed E-state index contributed by atoms with van der Waals surface area (Å²) in [7, 11) is 0. The number of halogens is 1. The van der Waals surface area contributed by atoms with Crippen LogP contribution in [0.5, 0.6) is 5.75 Å². The number of morpholine rings is 1. The molecule has 1 unspecified atom stereocenters. The van der Waals surface area contributed by atoms with Crippen LogP contribution in [0, 0.1) is 0 Å². The fourth-order valence-corrected chi connectivity index (χ4v) is 2.76. The van der Waals surface area contributed by atoms with Crippen molar-refractivity contribution >= 4 is 12.4 Å². The van der Waals surface area contributed by atoms with Gasteiger partial charge in [0.2, 0.25) is 0 Å². The molecule has 1 aliphatic heterocycles. The van der Waals surface area contributed by atoms with Crippen LogP contribution in [0.2, 0.25) is 0 Å². The Labute approximate surface area is 150 Å². The summed E-state index contributed by atoms with van der Waals surface area (Å²) < 4.78 is 11.4. The normalized spacial score (nSPS) is 18.0. The third-order valence-corrected chi connectivity index (χ3v) is 4.06. The van der Waals surface area contributed by atoms with Gasteiger partial charge in [-0.15, -0.1) is 12.4 Å². The van der Waals surface area contributed by atoms with Gasteiger partial charge in [-0.05, 0) is 23.3 Å². The van der Waals surface area contributed by atoms with Crippen LogP contribution in [-0.4, -0.2) is 37.2 Å². The van der Waals surface area contributed by atoms with Gasteiger partial charge >= 0.3 is 0 Å². The molecule has 1 saturated heterocycles. The molecule has 4 nitrogen and oxygen atoms in total. The Bertz CT molecular complexity index is 592. The van der Waals surface area contributed by atoms with E-state index in [-0.39, 0.29) is 18.5 Å². The Morgan fingerprint density at radius 3 is 2.50 bits per heavy atom. The molecule has 0 amide bonds. The second-order valence-corrected chi connectivity index (χ2v) is 5.88. The quantitative estimate of drug-likeness (QED) is 0.872. The first-order chi connectivity index (χ1) is 11.3. The zero-order valence-corrected chi connectivity index (χ0v) is 14.6. The molecule has 0 radical (unpaired) electrons. The average Bonchev–Trinajstić information content (AvgIpc) is 2.62. The van der Waals surface area contributed by atoms with E-state index in [9.17, 15) is 0 Å². The molecule has 0 bridgehead atoms. The molecule has 2 N–H and O–H groups in total. The van der Waals surface area contributed by atoms with E-state index < -0.39 is 0 Å². The monoisotopic (exact) mass is 348 g/mol. The summed E-state index contributed by atoms with van der Waals surface area (Å²) in [5.41, 5.74) is 8.16. The van der Waals surface area contributed by atoms with Crippen molar-refractivity contribution in [3.63, 3.8) is 0 Å². The highest BCUT2D eigenvalue weighted by atomic mass is 35.5. The molecule has 2 aromatic carbocycles. The second-order valence-electron chi connectivity index (χ2n) is 5.88. The Morgan fingerprint density at radius 2 is 1.79 bits per heavy atom. The van der Waals surface area contributed by atoms with Crippen LogP contribution in [0.15, 0.2) is 54.6 Å². The van der Waals surface area contributed by atoms with Gasteiger partial charge < -0.3 is 15.2 Å². The highest BCUT2D eigenvalue weighted by molar-refractivity contribution is 5.85. The van der Waals surface area contributed by atoms with Crippen molar-refractivity contribution in [2.24, 2.45) is 5.73 Å². The maximum Gasteiger partial charge on any atom is 0.119 e. The number of rotatable bonds is 6. The minimum absolute atomic E-state index is 0. The number of hydrogen-bond acceptors (Lipinski definition) is 4. The predicted octanol–water partition coefficient (Wildman–Crippen LogP) is 2.85. The average molecular weight is 349 g/mol. The molecule has 2 aromatic rings. The van der Waals surface area contributed by atoms with E-state index in [0.29, 0.717) is 13.2 Å². The first-order valence-corrected chi connectivity index (χ1v) is 8.13. The van der Waals surface area contributed by atoms with Gasteiger partial charge in [-0.1, -0.05) is 42.5 Å². The van der Waals surface area contributed by atoms with E-state index in [2.05, 4.69) is 29.2 Å². The van der Waals surface area contributed by atoms with Crippen molar-refractivity contribution in [1.29, 1.82) is 0 Å². The fourth-order valence-electron chi connectivity index (χ4n) is 2.76. The van der Waals surface area contributed by atoms with Crippen LogP contribution in [-0.2, 0) is 17.9 Å². The molecule has 1 aliphatic rings. The van der Waals surface area contributed by atoms with Gasteiger partial charge in [0.25, 0.3) is 0 Å². The van der Waals surface area contributed by atoms with Gasteiger partial charge in [0.1, 0.15) is 12.4 Å². The molecular weight excluding hydrogens is 324 g/mol.